The average molecular weight is 344 g/mol. The summed E-state index contributed by atoms with van der Waals surface area (Å²) >= 11 is 0. The summed E-state index contributed by atoms with van der Waals surface area (Å²) in [5, 5.41) is 0. The molecule has 8 nitrogen and oxygen atoms in total. The van der Waals surface area contributed by atoms with Crippen LogP contribution >= 0.6 is 0 Å². The molecule has 0 aromatic heterocycles. The zero-order valence-electron chi connectivity index (χ0n) is 13.2. The Balaban J connectivity index is 2.08. The molecule has 0 bridgehead atoms. The predicted octanol–water partition coefficient (Wildman–Crippen LogP) is 0.968. The van der Waals surface area contributed by atoms with Gasteiger partial charge >= 0.3 is 6.09 Å². The Bertz CT molecular complexity index is 676. The summed E-state index contributed by atoms with van der Waals surface area (Å²) in [6.07, 6.45) is -1.07. The number of methoxy groups -OCH3 is 2. The van der Waals surface area contributed by atoms with Crippen LogP contribution < -0.4 is 19.1 Å². The molecule has 1 aromatic carbocycles. The third-order valence-electron chi connectivity index (χ3n) is 3.46. The predicted molar refractivity (Wildman–Crippen MR) is 84.6 cm³/mol. The molecule has 1 amide bonds. The highest BCUT2D eigenvalue weighted by Gasteiger charge is 2.33. The van der Waals surface area contributed by atoms with E-state index in [-0.39, 0.29) is 18.8 Å². The van der Waals surface area contributed by atoms with Crippen molar-refractivity contribution < 1.29 is 27.4 Å². The van der Waals surface area contributed by atoms with E-state index in [1.807, 2.05) is 0 Å². The molecule has 1 atom stereocenters. The lowest BCUT2D eigenvalue weighted by Crippen LogP contribution is -2.35. The second-order valence-electron chi connectivity index (χ2n) is 4.91. The quantitative estimate of drug-likeness (QED) is 0.792. The van der Waals surface area contributed by atoms with Crippen LogP contribution in [0.1, 0.15) is 6.92 Å². The molecule has 0 radical (unpaired) electrons. The molecule has 1 aromatic rings. The van der Waals surface area contributed by atoms with E-state index in [9.17, 15) is 13.2 Å². The summed E-state index contributed by atoms with van der Waals surface area (Å²) in [5.41, 5.74) is 0.591. The van der Waals surface area contributed by atoms with Gasteiger partial charge in [0.15, 0.2) is 11.5 Å². The number of hydrogen-bond acceptors (Lipinski definition) is 6. The summed E-state index contributed by atoms with van der Waals surface area (Å²) in [7, 11) is -0.291. The molecule has 1 heterocycles. The number of hydrogen-bond donors (Lipinski definition) is 1. The summed E-state index contributed by atoms with van der Waals surface area (Å²) in [5.74, 6) is 1.02. The van der Waals surface area contributed by atoms with Gasteiger partial charge < -0.3 is 14.2 Å². The molecule has 0 aliphatic carbocycles. The number of sulfonamides is 1. The highest BCUT2D eigenvalue weighted by Crippen LogP contribution is 2.33. The first-order valence-electron chi connectivity index (χ1n) is 7.07. The van der Waals surface area contributed by atoms with E-state index in [4.69, 9.17) is 14.2 Å². The van der Waals surface area contributed by atoms with Crippen molar-refractivity contribution in [2.75, 3.05) is 38.0 Å². The minimum absolute atomic E-state index is 0.0208. The van der Waals surface area contributed by atoms with Crippen LogP contribution in [-0.2, 0) is 14.8 Å². The minimum atomic E-state index is -3.32. The largest absolute Gasteiger partial charge is 0.493 e. The fourth-order valence-corrected chi connectivity index (χ4v) is 2.80. The molecule has 1 aliphatic rings. The van der Waals surface area contributed by atoms with Crippen LogP contribution in [0, 0.1) is 0 Å². The Labute approximate surface area is 135 Å². The van der Waals surface area contributed by atoms with Gasteiger partial charge in [0.05, 0.1) is 32.2 Å². The zero-order valence-corrected chi connectivity index (χ0v) is 14.1. The van der Waals surface area contributed by atoms with Gasteiger partial charge in [-0.3, -0.25) is 4.90 Å². The Hall–Kier alpha value is -2.00. The van der Waals surface area contributed by atoms with Gasteiger partial charge in [0.2, 0.25) is 10.0 Å². The Morgan fingerprint density at radius 3 is 2.61 bits per heavy atom. The van der Waals surface area contributed by atoms with Crippen molar-refractivity contribution in [1.82, 2.24) is 4.72 Å². The number of amides is 1. The molecule has 9 heteroatoms. The summed E-state index contributed by atoms with van der Waals surface area (Å²) in [6.45, 7) is 1.84. The number of benzene rings is 1. The standard InChI is InChI=1S/C14H20N2O6S/c1-4-23(18,19)15-8-11-9-16(14(17)22-11)10-5-6-12(20-2)13(7-10)21-3/h5-7,11,15H,4,8-9H2,1-3H3. The lowest BCUT2D eigenvalue weighted by molar-refractivity contribution is 0.143. The third-order valence-corrected chi connectivity index (χ3v) is 4.83. The van der Waals surface area contributed by atoms with Crippen molar-refractivity contribution >= 4 is 21.8 Å². The molecule has 1 saturated heterocycles. The van der Waals surface area contributed by atoms with E-state index in [1.165, 1.54) is 19.1 Å². The van der Waals surface area contributed by atoms with Gasteiger partial charge in [0, 0.05) is 12.6 Å². The monoisotopic (exact) mass is 344 g/mol. The number of rotatable bonds is 7. The Kier molecular flexibility index (Phi) is 5.32. The van der Waals surface area contributed by atoms with E-state index < -0.39 is 22.2 Å². The molecule has 2 rings (SSSR count). The smallest absolute Gasteiger partial charge is 0.414 e. The van der Waals surface area contributed by atoms with Crippen molar-refractivity contribution in [2.45, 2.75) is 13.0 Å². The zero-order chi connectivity index (χ0) is 17.0. The van der Waals surface area contributed by atoms with Crippen LogP contribution in [0.3, 0.4) is 0 Å². The maximum Gasteiger partial charge on any atom is 0.414 e. The first-order chi connectivity index (χ1) is 10.9. The van der Waals surface area contributed by atoms with Crippen LogP contribution in [0.2, 0.25) is 0 Å². The summed E-state index contributed by atoms with van der Waals surface area (Å²) in [4.78, 5) is 13.4. The SMILES string of the molecule is CCS(=O)(=O)NCC1CN(c2ccc(OC)c(OC)c2)C(=O)O1. The maximum absolute atomic E-state index is 12.0. The molecular weight excluding hydrogens is 324 g/mol. The molecule has 1 unspecified atom stereocenters. The molecule has 128 valence electrons. The van der Waals surface area contributed by atoms with Crippen molar-refractivity contribution in [3.8, 4) is 11.5 Å². The van der Waals surface area contributed by atoms with Crippen LogP contribution in [0.5, 0.6) is 11.5 Å². The molecule has 0 spiro atoms. The number of carbonyl (C=O) groups is 1. The van der Waals surface area contributed by atoms with Gasteiger partial charge in [-0.1, -0.05) is 0 Å². The highest BCUT2D eigenvalue weighted by atomic mass is 32.2. The second-order valence-corrected chi connectivity index (χ2v) is 7.00. The first-order valence-corrected chi connectivity index (χ1v) is 8.73. The first kappa shape index (κ1) is 17.4. The third kappa shape index (κ3) is 4.05. The molecule has 0 saturated carbocycles. The summed E-state index contributed by atoms with van der Waals surface area (Å²) < 4.78 is 40.9. The normalized spacial score (nSPS) is 18.0. The summed E-state index contributed by atoms with van der Waals surface area (Å²) in [6, 6.07) is 5.06. The van der Waals surface area contributed by atoms with Crippen molar-refractivity contribution in [3.63, 3.8) is 0 Å². The fourth-order valence-electron chi connectivity index (χ4n) is 2.15. The van der Waals surface area contributed by atoms with Gasteiger partial charge in [0.1, 0.15) is 6.10 Å². The van der Waals surface area contributed by atoms with Gasteiger partial charge in [0.25, 0.3) is 0 Å². The van der Waals surface area contributed by atoms with E-state index >= 15 is 0 Å². The van der Waals surface area contributed by atoms with E-state index in [0.717, 1.165) is 0 Å². The molecule has 1 fully saturated rings. The van der Waals surface area contributed by atoms with Crippen LogP contribution in [0.25, 0.3) is 0 Å². The van der Waals surface area contributed by atoms with Gasteiger partial charge in [-0.2, -0.15) is 0 Å². The number of anilines is 1. The lowest BCUT2D eigenvalue weighted by atomic mass is 10.2. The minimum Gasteiger partial charge on any atom is -0.493 e. The molecular formula is C14H20N2O6S. The number of nitrogens with zero attached hydrogens (tertiary/aromatic N) is 1. The topological polar surface area (TPSA) is 94.2 Å². The molecule has 1 N–H and O–H groups in total. The van der Waals surface area contributed by atoms with E-state index in [0.29, 0.717) is 17.2 Å². The number of cyclic esters (lactones) is 1. The maximum atomic E-state index is 12.0. The van der Waals surface area contributed by atoms with Crippen molar-refractivity contribution in [1.29, 1.82) is 0 Å². The number of nitrogens with one attached hydrogen (secondary N) is 1. The Morgan fingerprint density at radius 1 is 1.30 bits per heavy atom. The van der Waals surface area contributed by atoms with Gasteiger partial charge in [-0.05, 0) is 19.1 Å². The number of ether oxygens (including phenoxy) is 3. The second kappa shape index (κ2) is 7.05. The lowest BCUT2D eigenvalue weighted by Gasteiger charge is -2.15. The van der Waals surface area contributed by atoms with Crippen molar-refractivity contribution in [2.24, 2.45) is 0 Å². The molecule has 23 heavy (non-hydrogen) atoms. The van der Waals surface area contributed by atoms with Crippen LogP contribution in [0.4, 0.5) is 10.5 Å². The van der Waals surface area contributed by atoms with Crippen molar-refractivity contribution in [3.05, 3.63) is 18.2 Å². The van der Waals surface area contributed by atoms with E-state index in [1.54, 1.807) is 25.1 Å². The van der Waals surface area contributed by atoms with E-state index in [2.05, 4.69) is 4.72 Å². The van der Waals surface area contributed by atoms with Gasteiger partial charge in [-0.15, -0.1) is 0 Å². The van der Waals surface area contributed by atoms with Crippen LogP contribution in [0.15, 0.2) is 18.2 Å². The number of carbonyl (C=O) groups excluding carboxylic acids is 1. The average Bonchev–Trinajstić information content (AvgIpc) is 2.93. The fraction of sp³-hybridized carbons (Fsp3) is 0.500. The van der Waals surface area contributed by atoms with Crippen LogP contribution in [-0.4, -0.2) is 53.7 Å². The van der Waals surface area contributed by atoms with Gasteiger partial charge in [-0.25, -0.2) is 17.9 Å². The molecule has 1 aliphatic heterocycles. The highest BCUT2D eigenvalue weighted by molar-refractivity contribution is 7.89. The Morgan fingerprint density at radius 2 is 2.00 bits per heavy atom.